The molecule has 0 aliphatic rings. The predicted molar refractivity (Wildman–Crippen MR) is 46.8 cm³/mol. The molecule has 70 valence electrons. The van der Waals surface area contributed by atoms with E-state index < -0.39 is 18.5 Å². The monoisotopic (exact) mass is 238 g/mol. The number of nitrogens with two attached hydrogens (primary N) is 1. The van der Waals surface area contributed by atoms with Crippen LogP contribution >= 0.6 is 15.9 Å². The van der Waals surface area contributed by atoms with Crippen LogP contribution in [0.1, 0.15) is 6.42 Å². The molecule has 0 atom stereocenters. The molecule has 12 heavy (non-hydrogen) atoms. The molecule has 0 bridgehead atoms. The number of aliphatic hydroxyl groups is 1. The molecule has 0 radical (unpaired) electrons. The molecule has 3 amide bonds. The maximum atomic E-state index is 10.8. The normalized spacial score (nSPS) is 9.50. The van der Waals surface area contributed by atoms with Crippen LogP contribution in [0.25, 0.3) is 0 Å². The quantitative estimate of drug-likeness (QED) is 0.659. The van der Waals surface area contributed by atoms with Crippen LogP contribution in [0.5, 0.6) is 0 Å². The number of halogens is 1. The number of amides is 3. The molecule has 3 N–H and O–H groups in total. The first kappa shape index (κ1) is 11.4. The second-order valence-electron chi connectivity index (χ2n) is 2.08. The van der Waals surface area contributed by atoms with Crippen LogP contribution in [0.4, 0.5) is 4.79 Å². The summed E-state index contributed by atoms with van der Waals surface area (Å²) in [6.45, 7) is -0.453. The Bertz CT molecular complexity index is 174. The average molecular weight is 239 g/mol. The second kappa shape index (κ2) is 5.96. The van der Waals surface area contributed by atoms with Gasteiger partial charge in [0.05, 0.1) is 0 Å². The van der Waals surface area contributed by atoms with Crippen molar-refractivity contribution in [1.82, 2.24) is 4.90 Å². The van der Waals surface area contributed by atoms with Gasteiger partial charge >= 0.3 is 6.03 Å². The SMILES string of the molecule is NC(=O)N(CCCBr)C(=O)CO. The lowest BCUT2D eigenvalue weighted by Gasteiger charge is -2.15. The van der Waals surface area contributed by atoms with Gasteiger partial charge in [-0.2, -0.15) is 0 Å². The molecule has 0 aliphatic carbocycles. The Balaban J connectivity index is 4.04. The highest BCUT2D eigenvalue weighted by atomic mass is 79.9. The summed E-state index contributed by atoms with van der Waals surface area (Å²) in [6.07, 6.45) is 0.620. The molecule has 0 rings (SSSR count). The second-order valence-corrected chi connectivity index (χ2v) is 2.88. The van der Waals surface area contributed by atoms with Gasteiger partial charge < -0.3 is 10.8 Å². The van der Waals surface area contributed by atoms with Crippen LogP contribution in [0.3, 0.4) is 0 Å². The van der Waals surface area contributed by atoms with Gasteiger partial charge in [0.25, 0.3) is 5.91 Å². The minimum Gasteiger partial charge on any atom is -0.387 e. The maximum Gasteiger partial charge on any atom is 0.321 e. The molecule has 0 unspecified atom stereocenters. The number of imide groups is 1. The van der Waals surface area contributed by atoms with Gasteiger partial charge in [-0.05, 0) is 6.42 Å². The van der Waals surface area contributed by atoms with Crippen LogP contribution in [-0.4, -0.2) is 40.4 Å². The van der Waals surface area contributed by atoms with Crippen LogP contribution in [0.2, 0.25) is 0 Å². The number of rotatable bonds is 4. The topological polar surface area (TPSA) is 83.6 Å². The van der Waals surface area contributed by atoms with E-state index in [4.69, 9.17) is 10.8 Å². The van der Waals surface area contributed by atoms with Gasteiger partial charge in [-0.3, -0.25) is 9.69 Å². The molecule has 5 nitrogen and oxygen atoms in total. The summed E-state index contributed by atoms with van der Waals surface area (Å²) in [4.78, 5) is 22.2. The zero-order valence-corrected chi connectivity index (χ0v) is 8.08. The zero-order valence-electron chi connectivity index (χ0n) is 6.49. The lowest BCUT2D eigenvalue weighted by atomic mass is 10.4. The summed E-state index contributed by atoms with van der Waals surface area (Å²) in [5.74, 6) is -0.663. The summed E-state index contributed by atoms with van der Waals surface area (Å²) in [6, 6.07) is -0.824. The minimum atomic E-state index is -0.824. The van der Waals surface area contributed by atoms with E-state index in [1.165, 1.54) is 0 Å². The van der Waals surface area contributed by atoms with E-state index in [-0.39, 0.29) is 6.54 Å². The van der Waals surface area contributed by atoms with Gasteiger partial charge in [0.1, 0.15) is 6.61 Å². The Labute approximate surface area is 78.6 Å². The zero-order chi connectivity index (χ0) is 9.56. The number of carbonyl (C=O) groups is 2. The molecule has 0 saturated carbocycles. The number of hydrogen-bond acceptors (Lipinski definition) is 3. The molecular formula is C6H11BrN2O3. The molecule has 0 fully saturated rings. The lowest BCUT2D eigenvalue weighted by molar-refractivity contribution is -0.131. The molecule has 0 spiro atoms. The van der Waals surface area contributed by atoms with Crippen LogP contribution in [-0.2, 0) is 4.79 Å². The smallest absolute Gasteiger partial charge is 0.321 e. The largest absolute Gasteiger partial charge is 0.387 e. The molecule has 0 aromatic rings. The van der Waals surface area contributed by atoms with Crippen molar-refractivity contribution in [3.05, 3.63) is 0 Å². The van der Waals surface area contributed by atoms with E-state index in [0.29, 0.717) is 11.8 Å². The molecule has 0 saturated heterocycles. The highest BCUT2D eigenvalue weighted by Gasteiger charge is 2.16. The Morgan fingerprint density at radius 2 is 2.08 bits per heavy atom. The third-order valence-electron chi connectivity index (χ3n) is 1.22. The van der Waals surface area contributed by atoms with Gasteiger partial charge in [0.2, 0.25) is 0 Å². The van der Waals surface area contributed by atoms with Crippen molar-refractivity contribution in [2.45, 2.75) is 6.42 Å². The van der Waals surface area contributed by atoms with Crippen molar-refractivity contribution < 1.29 is 14.7 Å². The van der Waals surface area contributed by atoms with Gasteiger partial charge in [-0.25, -0.2) is 4.79 Å². The van der Waals surface area contributed by atoms with E-state index in [0.717, 1.165) is 4.90 Å². The average Bonchev–Trinajstić information content (AvgIpc) is 2.04. The van der Waals surface area contributed by atoms with Crippen molar-refractivity contribution >= 4 is 27.9 Å². The predicted octanol–water partition coefficient (Wildman–Crippen LogP) is -0.329. The number of urea groups is 1. The summed E-state index contributed by atoms with van der Waals surface area (Å²) >= 11 is 3.15. The Kier molecular flexibility index (Phi) is 5.65. The highest BCUT2D eigenvalue weighted by molar-refractivity contribution is 9.09. The maximum absolute atomic E-state index is 10.8. The number of hydrogen-bond donors (Lipinski definition) is 2. The first-order chi connectivity index (χ1) is 5.63. The number of carbonyl (C=O) groups excluding carboxylic acids is 2. The summed E-state index contributed by atoms with van der Waals surface area (Å²) < 4.78 is 0. The van der Waals surface area contributed by atoms with Crippen LogP contribution in [0, 0.1) is 0 Å². The molecular weight excluding hydrogens is 228 g/mol. The van der Waals surface area contributed by atoms with E-state index in [1.54, 1.807) is 0 Å². The van der Waals surface area contributed by atoms with Crippen molar-refractivity contribution in [3.63, 3.8) is 0 Å². The highest BCUT2D eigenvalue weighted by Crippen LogP contribution is 1.95. The summed E-state index contributed by atoms with van der Waals surface area (Å²) in [7, 11) is 0. The van der Waals surface area contributed by atoms with E-state index in [9.17, 15) is 9.59 Å². The standard InChI is InChI=1S/C6H11BrN2O3/c7-2-1-3-9(6(8)12)5(11)4-10/h10H,1-4H2,(H2,8,12). The first-order valence-corrected chi connectivity index (χ1v) is 4.52. The van der Waals surface area contributed by atoms with Gasteiger partial charge in [0, 0.05) is 11.9 Å². The summed E-state index contributed by atoms with van der Waals surface area (Å²) in [5, 5.41) is 9.12. The fourth-order valence-electron chi connectivity index (χ4n) is 0.661. The molecule has 0 aliphatic heterocycles. The van der Waals surface area contributed by atoms with E-state index in [2.05, 4.69) is 15.9 Å². The number of aliphatic hydroxyl groups excluding tert-OH is 1. The molecule has 6 heteroatoms. The van der Waals surface area contributed by atoms with Crippen molar-refractivity contribution in [2.75, 3.05) is 18.5 Å². The van der Waals surface area contributed by atoms with Gasteiger partial charge in [-0.1, -0.05) is 15.9 Å². The van der Waals surface area contributed by atoms with E-state index >= 15 is 0 Å². The van der Waals surface area contributed by atoms with Crippen LogP contribution < -0.4 is 5.73 Å². The Morgan fingerprint density at radius 1 is 1.50 bits per heavy atom. The van der Waals surface area contributed by atoms with Crippen molar-refractivity contribution in [1.29, 1.82) is 0 Å². The van der Waals surface area contributed by atoms with Gasteiger partial charge in [0.15, 0.2) is 0 Å². The number of alkyl halides is 1. The van der Waals surface area contributed by atoms with Crippen molar-refractivity contribution in [2.24, 2.45) is 5.73 Å². The van der Waals surface area contributed by atoms with Gasteiger partial charge in [-0.15, -0.1) is 0 Å². The lowest BCUT2D eigenvalue weighted by Crippen LogP contribution is -2.42. The molecule has 0 heterocycles. The van der Waals surface area contributed by atoms with E-state index in [1.807, 2.05) is 0 Å². The Hall–Kier alpha value is -0.620. The van der Waals surface area contributed by atoms with Crippen molar-refractivity contribution in [3.8, 4) is 0 Å². The number of nitrogens with zero attached hydrogens (tertiary/aromatic N) is 1. The fraction of sp³-hybridized carbons (Fsp3) is 0.667. The third-order valence-corrected chi connectivity index (χ3v) is 1.78. The Morgan fingerprint density at radius 3 is 2.42 bits per heavy atom. The molecule has 0 aromatic heterocycles. The third kappa shape index (κ3) is 3.68. The van der Waals surface area contributed by atoms with Crippen LogP contribution in [0.15, 0.2) is 0 Å². The molecule has 0 aromatic carbocycles. The fourth-order valence-corrected chi connectivity index (χ4v) is 0.912. The first-order valence-electron chi connectivity index (χ1n) is 3.40. The number of primary amides is 1. The minimum absolute atomic E-state index is 0.236. The summed E-state index contributed by atoms with van der Waals surface area (Å²) in [5.41, 5.74) is 4.89.